The number of likely N-dealkylation sites (N-methyl/N-ethyl adjacent to an activating group) is 1. The van der Waals surface area contributed by atoms with Gasteiger partial charge in [-0.3, -0.25) is 14.4 Å². The second-order valence-electron chi connectivity index (χ2n) is 7.91. The molecule has 0 unspecified atom stereocenters. The normalized spacial score (nSPS) is 13.1. The summed E-state index contributed by atoms with van der Waals surface area (Å²) in [6.07, 6.45) is 5.87. The molecule has 2 N–H and O–H groups in total. The van der Waals surface area contributed by atoms with E-state index < -0.39 is 0 Å². The van der Waals surface area contributed by atoms with Crippen molar-refractivity contribution in [2.45, 2.75) is 38.4 Å². The summed E-state index contributed by atoms with van der Waals surface area (Å²) < 4.78 is 0. The predicted molar refractivity (Wildman–Crippen MR) is 128 cm³/mol. The van der Waals surface area contributed by atoms with E-state index in [9.17, 15) is 14.4 Å². The van der Waals surface area contributed by atoms with Gasteiger partial charge in [0.1, 0.15) is 16.5 Å². The molecule has 10 heteroatoms. The van der Waals surface area contributed by atoms with Crippen molar-refractivity contribution in [3.63, 3.8) is 0 Å². The lowest BCUT2D eigenvalue weighted by molar-refractivity contribution is -0.131. The Hall–Kier alpha value is -2.72. The lowest BCUT2D eigenvalue weighted by Crippen LogP contribution is -2.36. The Morgan fingerprint density at radius 3 is 2.94 bits per heavy atom. The molecule has 0 saturated heterocycles. The number of aryl methyl sites for hydroxylation is 3. The van der Waals surface area contributed by atoms with Crippen molar-refractivity contribution < 1.29 is 9.59 Å². The van der Waals surface area contributed by atoms with Gasteiger partial charge < -0.3 is 15.2 Å². The van der Waals surface area contributed by atoms with Crippen LogP contribution in [0, 0.1) is 6.92 Å². The number of rotatable bonds is 7. The SMILES string of the molecule is Cc1ccnc(NC(=O)CN(C)C(=O)CSCc2nc3sc4c(c3c(=O)[nH]2)CCCC4)c1. The highest BCUT2D eigenvalue weighted by Crippen LogP contribution is 2.33. The van der Waals surface area contributed by atoms with Crippen LogP contribution in [0.5, 0.6) is 0 Å². The fourth-order valence-electron chi connectivity index (χ4n) is 3.71. The van der Waals surface area contributed by atoms with Crippen LogP contribution in [-0.4, -0.2) is 51.0 Å². The molecule has 0 aromatic carbocycles. The standard InChI is InChI=1S/C22H25N5O3S2/c1-13-7-8-23-16(9-13)24-18(28)10-27(2)19(29)12-31-11-17-25-21(30)20-14-5-3-4-6-15(14)32-22(20)26-17/h7-9H,3-6,10-12H2,1-2H3,(H,23,24,28)(H,25,26,30). The van der Waals surface area contributed by atoms with E-state index in [4.69, 9.17) is 0 Å². The van der Waals surface area contributed by atoms with Crippen LogP contribution in [0.25, 0.3) is 10.2 Å². The zero-order chi connectivity index (χ0) is 22.7. The molecule has 0 fully saturated rings. The smallest absolute Gasteiger partial charge is 0.259 e. The molecule has 3 aromatic heterocycles. The average Bonchev–Trinajstić information content (AvgIpc) is 3.12. The number of anilines is 1. The van der Waals surface area contributed by atoms with Crippen molar-refractivity contribution in [3.8, 4) is 0 Å². The molecule has 168 valence electrons. The zero-order valence-corrected chi connectivity index (χ0v) is 19.7. The summed E-state index contributed by atoms with van der Waals surface area (Å²) in [7, 11) is 1.59. The van der Waals surface area contributed by atoms with Crippen molar-refractivity contribution in [2.24, 2.45) is 0 Å². The third-order valence-corrected chi connectivity index (χ3v) is 7.44. The monoisotopic (exact) mass is 471 g/mol. The van der Waals surface area contributed by atoms with Crippen molar-refractivity contribution in [1.29, 1.82) is 0 Å². The van der Waals surface area contributed by atoms with E-state index in [1.54, 1.807) is 30.6 Å². The Balaban J connectivity index is 1.30. The summed E-state index contributed by atoms with van der Waals surface area (Å²) in [4.78, 5) is 52.2. The fraction of sp³-hybridized carbons (Fsp3) is 0.409. The number of thiophene rings is 1. The van der Waals surface area contributed by atoms with Gasteiger partial charge in [-0.15, -0.1) is 23.1 Å². The van der Waals surface area contributed by atoms with E-state index in [1.807, 2.05) is 13.0 Å². The first-order valence-electron chi connectivity index (χ1n) is 10.5. The second kappa shape index (κ2) is 9.83. The topological polar surface area (TPSA) is 108 Å². The van der Waals surface area contributed by atoms with Crippen LogP contribution in [0.15, 0.2) is 23.1 Å². The molecule has 3 heterocycles. The molecule has 0 aliphatic heterocycles. The number of fused-ring (bicyclic) bond motifs is 3. The Kier molecular flexibility index (Phi) is 6.90. The molecule has 4 rings (SSSR count). The van der Waals surface area contributed by atoms with Crippen molar-refractivity contribution >= 4 is 50.9 Å². The van der Waals surface area contributed by atoms with Gasteiger partial charge in [-0.2, -0.15) is 0 Å². The summed E-state index contributed by atoms with van der Waals surface area (Å²) >= 11 is 2.98. The van der Waals surface area contributed by atoms with Gasteiger partial charge in [0, 0.05) is 18.1 Å². The maximum atomic E-state index is 12.6. The maximum absolute atomic E-state index is 12.6. The van der Waals surface area contributed by atoms with Gasteiger partial charge in [0.05, 0.1) is 23.4 Å². The minimum absolute atomic E-state index is 0.0587. The largest absolute Gasteiger partial charge is 0.336 e. The molecular weight excluding hydrogens is 446 g/mol. The lowest BCUT2D eigenvalue weighted by atomic mass is 9.97. The van der Waals surface area contributed by atoms with Crippen LogP contribution in [0.3, 0.4) is 0 Å². The van der Waals surface area contributed by atoms with Gasteiger partial charge in [0.25, 0.3) is 5.56 Å². The second-order valence-corrected chi connectivity index (χ2v) is 9.98. The Bertz CT molecular complexity index is 1220. The molecule has 8 nitrogen and oxygen atoms in total. The van der Waals surface area contributed by atoms with E-state index >= 15 is 0 Å². The maximum Gasteiger partial charge on any atom is 0.259 e. The number of hydrogen-bond acceptors (Lipinski definition) is 7. The molecule has 3 aromatic rings. The van der Waals surface area contributed by atoms with Gasteiger partial charge in [-0.1, -0.05) is 0 Å². The third kappa shape index (κ3) is 5.18. The number of nitrogens with one attached hydrogen (secondary N) is 2. The molecule has 1 aliphatic rings. The van der Waals surface area contributed by atoms with Crippen LogP contribution in [0.2, 0.25) is 0 Å². The number of pyridine rings is 1. The van der Waals surface area contributed by atoms with Gasteiger partial charge in [-0.25, -0.2) is 9.97 Å². The number of aromatic nitrogens is 3. The average molecular weight is 472 g/mol. The molecule has 0 saturated carbocycles. The molecular formula is C22H25N5O3S2. The quantitative estimate of drug-likeness (QED) is 0.549. The summed E-state index contributed by atoms with van der Waals surface area (Å²) in [5, 5.41) is 3.43. The molecule has 0 atom stereocenters. The van der Waals surface area contributed by atoms with E-state index in [2.05, 4.69) is 20.3 Å². The summed E-state index contributed by atoms with van der Waals surface area (Å²) in [6.45, 7) is 1.85. The van der Waals surface area contributed by atoms with Gasteiger partial charge in [0.2, 0.25) is 11.8 Å². The Morgan fingerprint density at radius 2 is 2.12 bits per heavy atom. The van der Waals surface area contributed by atoms with Gasteiger partial charge in [0.15, 0.2) is 0 Å². The first kappa shape index (κ1) is 22.5. The minimum atomic E-state index is -0.304. The number of H-pyrrole nitrogens is 1. The van der Waals surface area contributed by atoms with Gasteiger partial charge >= 0.3 is 0 Å². The number of hydrogen-bond donors (Lipinski definition) is 2. The molecule has 0 spiro atoms. The van der Waals surface area contributed by atoms with Crippen LogP contribution in [0.4, 0.5) is 5.82 Å². The fourth-order valence-corrected chi connectivity index (χ4v) is 5.82. The summed E-state index contributed by atoms with van der Waals surface area (Å²) in [5.41, 5.74) is 2.07. The number of carbonyl (C=O) groups is 2. The number of carbonyl (C=O) groups excluding carboxylic acids is 2. The first-order chi connectivity index (χ1) is 15.4. The highest BCUT2D eigenvalue weighted by Gasteiger charge is 2.20. The van der Waals surface area contributed by atoms with Crippen LogP contribution < -0.4 is 10.9 Å². The van der Waals surface area contributed by atoms with Gasteiger partial charge in [-0.05, 0) is 55.9 Å². The molecule has 32 heavy (non-hydrogen) atoms. The number of aromatic amines is 1. The molecule has 0 radical (unpaired) electrons. The van der Waals surface area contributed by atoms with Crippen molar-refractivity contribution in [2.75, 3.05) is 24.7 Å². The lowest BCUT2D eigenvalue weighted by Gasteiger charge is -2.16. The van der Waals surface area contributed by atoms with Crippen LogP contribution >= 0.6 is 23.1 Å². The number of amides is 2. The zero-order valence-electron chi connectivity index (χ0n) is 18.1. The van der Waals surface area contributed by atoms with E-state index in [0.29, 0.717) is 17.4 Å². The van der Waals surface area contributed by atoms with Crippen LogP contribution in [0.1, 0.15) is 34.7 Å². The molecule has 2 amide bonds. The number of nitrogens with zero attached hydrogens (tertiary/aromatic N) is 3. The number of thioether (sulfide) groups is 1. The first-order valence-corrected chi connectivity index (χ1v) is 12.5. The Morgan fingerprint density at radius 1 is 1.31 bits per heavy atom. The molecule has 1 aliphatic carbocycles. The van der Waals surface area contributed by atoms with E-state index in [-0.39, 0.29) is 29.7 Å². The van der Waals surface area contributed by atoms with Crippen molar-refractivity contribution in [1.82, 2.24) is 19.9 Å². The van der Waals surface area contributed by atoms with E-state index in [1.165, 1.54) is 27.1 Å². The van der Waals surface area contributed by atoms with Crippen LogP contribution in [-0.2, 0) is 28.2 Å². The highest BCUT2D eigenvalue weighted by atomic mass is 32.2. The van der Waals surface area contributed by atoms with Crippen molar-refractivity contribution in [3.05, 3.63) is 50.5 Å². The predicted octanol–water partition coefficient (Wildman–Crippen LogP) is 2.90. The molecule has 0 bridgehead atoms. The minimum Gasteiger partial charge on any atom is -0.336 e. The van der Waals surface area contributed by atoms with E-state index in [0.717, 1.165) is 41.5 Å². The third-order valence-electron chi connectivity index (χ3n) is 5.33. The Labute approximate surface area is 193 Å². The summed E-state index contributed by atoms with van der Waals surface area (Å²) in [5.74, 6) is 1.18. The summed E-state index contributed by atoms with van der Waals surface area (Å²) in [6, 6.07) is 3.61. The highest BCUT2D eigenvalue weighted by molar-refractivity contribution is 7.99.